The van der Waals surface area contributed by atoms with E-state index < -0.39 is 36.0 Å². The summed E-state index contributed by atoms with van der Waals surface area (Å²) in [6.07, 6.45) is 1.55. The molecule has 218 valence electrons. The van der Waals surface area contributed by atoms with Gasteiger partial charge in [-0.3, -0.25) is 9.59 Å². The van der Waals surface area contributed by atoms with Gasteiger partial charge in [-0.15, -0.1) is 4.91 Å². The van der Waals surface area contributed by atoms with Gasteiger partial charge < -0.3 is 25.2 Å². The van der Waals surface area contributed by atoms with Crippen molar-refractivity contribution in [1.82, 2.24) is 10.2 Å². The van der Waals surface area contributed by atoms with Gasteiger partial charge in [0.2, 0.25) is 11.8 Å². The van der Waals surface area contributed by atoms with Crippen molar-refractivity contribution >= 4 is 23.5 Å². The van der Waals surface area contributed by atoms with E-state index in [0.29, 0.717) is 30.2 Å². The van der Waals surface area contributed by atoms with E-state index in [4.69, 9.17) is 4.74 Å². The molecule has 40 heavy (non-hydrogen) atoms. The molecule has 0 bridgehead atoms. The fraction of sp³-hybridized carbons (Fsp3) is 0.655. The van der Waals surface area contributed by atoms with Crippen LogP contribution in [0.25, 0.3) is 0 Å². The number of hydrogen-bond acceptors (Lipinski definition) is 9. The van der Waals surface area contributed by atoms with E-state index in [1.165, 1.54) is 23.1 Å². The molecule has 11 nitrogen and oxygen atoms in total. The second kappa shape index (κ2) is 13.2. The van der Waals surface area contributed by atoms with Crippen LogP contribution in [0.5, 0.6) is 5.75 Å². The third-order valence-electron chi connectivity index (χ3n) is 8.79. The Morgan fingerprint density at radius 2 is 2.00 bits per heavy atom. The zero-order chi connectivity index (χ0) is 29.6. The maximum atomic E-state index is 13.4. The van der Waals surface area contributed by atoms with E-state index in [9.17, 15) is 34.8 Å². The molecular weight excluding hydrogens is 516 g/mol. The smallest absolute Gasteiger partial charge is 0.329 e. The Hall–Kier alpha value is -3.52. The lowest BCUT2D eigenvalue weighted by Gasteiger charge is -2.33. The predicted molar refractivity (Wildman–Crippen MR) is 146 cm³/mol. The molecule has 1 aliphatic heterocycles. The molecule has 2 aliphatic rings. The Morgan fingerprint density at radius 3 is 2.60 bits per heavy atom. The number of likely N-dealkylation sites (tertiary alicyclic amines) is 1. The first-order chi connectivity index (χ1) is 18.9. The fourth-order valence-electron chi connectivity index (χ4n) is 5.87. The first kappa shape index (κ1) is 31.0. The Labute approximate surface area is 234 Å². The summed E-state index contributed by atoms with van der Waals surface area (Å²) in [4.78, 5) is 51.2. The van der Waals surface area contributed by atoms with Crippen LogP contribution >= 0.6 is 0 Å². The van der Waals surface area contributed by atoms with Gasteiger partial charge in [-0.25, -0.2) is 4.79 Å². The molecule has 3 N–H and O–H groups in total. The van der Waals surface area contributed by atoms with Crippen molar-refractivity contribution in [1.29, 1.82) is 5.26 Å². The van der Waals surface area contributed by atoms with Crippen molar-refractivity contribution in [3.8, 4) is 11.8 Å². The lowest BCUT2D eigenvalue weighted by molar-refractivity contribution is -0.159. The van der Waals surface area contributed by atoms with Crippen LogP contribution in [0, 0.1) is 33.5 Å². The average Bonchev–Trinajstić information content (AvgIpc) is 3.48. The van der Waals surface area contributed by atoms with E-state index in [0.717, 1.165) is 19.3 Å². The van der Waals surface area contributed by atoms with Crippen molar-refractivity contribution in [3.05, 3.63) is 28.7 Å². The summed E-state index contributed by atoms with van der Waals surface area (Å²) in [5, 5.41) is 34.6. The normalized spacial score (nSPS) is 24.0. The number of aromatic hydroxyl groups is 1. The number of nitriles is 1. The topological polar surface area (TPSA) is 169 Å². The van der Waals surface area contributed by atoms with Crippen LogP contribution in [0.4, 0.5) is 5.69 Å². The van der Waals surface area contributed by atoms with Crippen molar-refractivity contribution < 1.29 is 29.3 Å². The minimum absolute atomic E-state index is 0.167. The van der Waals surface area contributed by atoms with Gasteiger partial charge >= 0.3 is 5.97 Å². The number of esters is 1. The number of ether oxygens (including phenoxy) is 1. The summed E-state index contributed by atoms with van der Waals surface area (Å²) >= 11 is 0. The molecule has 1 aliphatic carbocycles. The molecular formula is C29H40N4O7. The SMILES string of the molecule is CC(CC1CCC(C)C1(C)C)OC(=O)C1CCCN1C(=O)C(CC#N)NC(=O)C(O)Cc1ccc(N=O)c(O)c1. The van der Waals surface area contributed by atoms with Gasteiger partial charge in [-0.1, -0.05) is 26.8 Å². The van der Waals surface area contributed by atoms with Crippen LogP contribution in [0.15, 0.2) is 23.4 Å². The number of nitrogens with zero attached hydrogens (tertiary/aromatic N) is 3. The molecule has 6 atom stereocenters. The van der Waals surface area contributed by atoms with Crippen molar-refractivity contribution in [2.24, 2.45) is 22.4 Å². The Morgan fingerprint density at radius 1 is 1.27 bits per heavy atom. The van der Waals surface area contributed by atoms with Gasteiger partial charge in [0.15, 0.2) is 0 Å². The number of nitrogens with one attached hydrogen (secondary N) is 1. The number of phenols is 1. The number of benzene rings is 1. The molecule has 2 fully saturated rings. The van der Waals surface area contributed by atoms with Crippen molar-refractivity contribution in [3.63, 3.8) is 0 Å². The Bertz CT molecular complexity index is 1150. The highest BCUT2D eigenvalue weighted by molar-refractivity contribution is 5.92. The van der Waals surface area contributed by atoms with Crippen LogP contribution in [-0.4, -0.2) is 63.7 Å². The summed E-state index contributed by atoms with van der Waals surface area (Å²) < 4.78 is 5.78. The number of carbonyl (C=O) groups excluding carboxylic acids is 3. The van der Waals surface area contributed by atoms with E-state index in [2.05, 4.69) is 31.3 Å². The molecule has 1 saturated carbocycles. The number of nitroso groups, excluding NO2 is 1. The molecule has 0 aromatic heterocycles. The van der Waals surface area contributed by atoms with Crippen LogP contribution in [0.1, 0.15) is 71.8 Å². The lowest BCUT2D eigenvalue weighted by Crippen LogP contribution is -2.53. The number of aliphatic hydroxyl groups excluding tert-OH is 1. The maximum absolute atomic E-state index is 13.4. The quantitative estimate of drug-likeness (QED) is 0.275. The summed E-state index contributed by atoms with van der Waals surface area (Å²) in [5.74, 6) is -1.30. The molecule has 1 heterocycles. The minimum Gasteiger partial charge on any atom is -0.506 e. The van der Waals surface area contributed by atoms with Crippen LogP contribution in [-0.2, 0) is 25.5 Å². The fourth-order valence-corrected chi connectivity index (χ4v) is 5.87. The third-order valence-corrected chi connectivity index (χ3v) is 8.79. The van der Waals surface area contributed by atoms with E-state index in [-0.39, 0.29) is 42.3 Å². The highest BCUT2D eigenvalue weighted by Gasteiger charge is 2.42. The maximum Gasteiger partial charge on any atom is 0.329 e. The number of aliphatic hydroxyl groups is 1. The lowest BCUT2D eigenvalue weighted by atomic mass is 9.74. The standard InChI is InChI=1S/C29H40N4O7/c1-17-7-9-20(29(17,3)4)14-18(2)40-28(38)23-6-5-13-33(23)27(37)22(11-12-30)31-26(36)25(35)16-19-8-10-21(32-39)24(34)15-19/h8,10,15,17-18,20,22-23,25,34-35H,5-7,9,11,13-14,16H2,1-4H3,(H,31,36). The van der Waals surface area contributed by atoms with Gasteiger partial charge in [0.1, 0.15) is 29.6 Å². The Balaban J connectivity index is 1.60. The zero-order valence-electron chi connectivity index (χ0n) is 23.6. The summed E-state index contributed by atoms with van der Waals surface area (Å²) in [6.45, 7) is 8.93. The van der Waals surface area contributed by atoms with E-state index >= 15 is 0 Å². The average molecular weight is 557 g/mol. The highest BCUT2D eigenvalue weighted by atomic mass is 16.5. The number of carbonyl (C=O) groups is 3. The molecule has 1 aromatic carbocycles. The van der Waals surface area contributed by atoms with Gasteiger partial charge in [0.25, 0.3) is 0 Å². The molecule has 1 aromatic rings. The number of rotatable bonds is 11. The Kier molecular flexibility index (Phi) is 10.3. The molecule has 1 saturated heterocycles. The van der Waals surface area contributed by atoms with Gasteiger partial charge in [0, 0.05) is 13.0 Å². The van der Waals surface area contributed by atoms with Crippen LogP contribution in [0.2, 0.25) is 0 Å². The highest BCUT2D eigenvalue weighted by Crippen LogP contribution is 2.49. The molecule has 11 heteroatoms. The second-order valence-corrected chi connectivity index (χ2v) is 11.7. The first-order valence-corrected chi connectivity index (χ1v) is 13.9. The van der Waals surface area contributed by atoms with E-state index in [1.54, 1.807) is 0 Å². The summed E-state index contributed by atoms with van der Waals surface area (Å²) in [6, 6.07) is 3.72. The third kappa shape index (κ3) is 7.16. The summed E-state index contributed by atoms with van der Waals surface area (Å²) in [5.41, 5.74) is 0.356. The van der Waals surface area contributed by atoms with Crippen molar-refractivity contribution in [2.45, 2.75) is 96.9 Å². The van der Waals surface area contributed by atoms with Gasteiger partial charge in [-0.2, -0.15) is 5.26 Å². The number of amides is 2. The first-order valence-electron chi connectivity index (χ1n) is 13.9. The van der Waals surface area contributed by atoms with Crippen LogP contribution < -0.4 is 5.32 Å². The van der Waals surface area contributed by atoms with Gasteiger partial charge in [0.05, 0.1) is 18.6 Å². The predicted octanol–water partition coefficient (Wildman–Crippen LogP) is 3.48. The minimum atomic E-state index is -1.59. The second-order valence-electron chi connectivity index (χ2n) is 11.7. The monoisotopic (exact) mass is 556 g/mol. The van der Waals surface area contributed by atoms with E-state index in [1.807, 2.05) is 13.0 Å². The molecule has 0 spiro atoms. The molecule has 6 unspecified atom stereocenters. The van der Waals surface area contributed by atoms with Crippen LogP contribution in [0.3, 0.4) is 0 Å². The van der Waals surface area contributed by atoms with Crippen molar-refractivity contribution in [2.75, 3.05) is 6.54 Å². The number of phenolic OH excluding ortho intramolecular Hbond substituents is 1. The zero-order valence-corrected chi connectivity index (χ0v) is 23.6. The molecule has 3 rings (SSSR count). The largest absolute Gasteiger partial charge is 0.506 e. The number of hydrogen-bond donors (Lipinski definition) is 3. The molecule has 0 radical (unpaired) electrons. The van der Waals surface area contributed by atoms with Gasteiger partial charge in [-0.05, 0) is 79.2 Å². The molecule has 2 amide bonds. The summed E-state index contributed by atoms with van der Waals surface area (Å²) in [7, 11) is 0.